The highest BCUT2D eigenvalue weighted by Crippen LogP contribution is 2.41. The number of para-hydroxylation sites is 2. The summed E-state index contributed by atoms with van der Waals surface area (Å²) >= 11 is 0. The lowest BCUT2D eigenvalue weighted by Gasteiger charge is -2.43. The number of fused-ring (bicyclic) bond motifs is 2. The Morgan fingerprint density at radius 1 is 0.865 bits per heavy atom. The molecule has 196 valence electrons. The molecule has 3 atom stereocenters. The molecule has 1 fully saturated rings. The Balaban J connectivity index is 1.41. The molecule has 3 aromatic carbocycles. The zero-order chi connectivity index (χ0) is 26.2. The van der Waals surface area contributed by atoms with Gasteiger partial charge in [0, 0.05) is 11.4 Å². The van der Waals surface area contributed by atoms with Gasteiger partial charge in [0.1, 0.15) is 0 Å². The predicted octanol–water partition coefficient (Wildman–Crippen LogP) is 5.29. The van der Waals surface area contributed by atoms with E-state index in [0.29, 0.717) is 19.3 Å². The molecule has 2 N–H and O–H groups in total. The summed E-state index contributed by atoms with van der Waals surface area (Å²) in [6.45, 7) is 0. The Morgan fingerprint density at radius 2 is 1.43 bits per heavy atom. The van der Waals surface area contributed by atoms with Crippen LogP contribution in [0.2, 0.25) is 0 Å². The van der Waals surface area contributed by atoms with Gasteiger partial charge in [-0.2, -0.15) is 13.2 Å². The van der Waals surface area contributed by atoms with Gasteiger partial charge in [0.2, 0.25) is 10.0 Å². The first kappa shape index (κ1) is 25.8. The number of aliphatic hydroxyl groups is 1. The van der Waals surface area contributed by atoms with E-state index in [-0.39, 0.29) is 16.5 Å². The van der Waals surface area contributed by atoms with Crippen LogP contribution in [0.4, 0.5) is 24.5 Å². The summed E-state index contributed by atoms with van der Waals surface area (Å²) in [4.78, 5) is 2.03. The molecule has 1 aliphatic carbocycles. The monoisotopic (exact) mass is 530 g/mol. The van der Waals surface area contributed by atoms with Crippen LogP contribution in [0.15, 0.2) is 77.7 Å². The van der Waals surface area contributed by atoms with E-state index in [1.807, 2.05) is 36.4 Å². The Bertz CT molecular complexity index is 1310. The lowest BCUT2D eigenvalue weighted by Crippen LogP contribution is -2.55. The first-order valence-electron chi connectivity index (χ1n) is 12.4. The van der Waals surface area contributed by atoms with Crippen LogP contribution in [0.3, 0.4) is 0 Å². The molecule has 5 nitrogen and oxygen atoms in total. The van der Waals surface area contributed by atoms with Crippen LogP contribution < -0.4 is 9.62 Å². The molecule has 0 spiro atoms. The standard InChI is InChI=1S/C28H29F3N2O3S/c29-28(30,31)18-19-12-16-22(17-13-19)37(35,36)32-23-8-5-11-26(27(23)34)33-24-9-3-1-6-20(24)14-15-21-7-2-4-10-25(21)33/h1-4,6-7,9-10,12-13,16-17,23,26-27,32,34H,5,8,11,14-15,18H2/t23-,26+,27+/m0/s1. The molecular formula is C28H29F3N2O3S. The van der Waals surface area contributed by atoms with Crippen molar-refractivity contribution in [1.82, 2.24) is 4.72 Å². The van der Waals surface area contributed by atoms with Gasteiger partial charge in [0.05, 0.1) is 29.5 Å². The summed E-state index contributed by atoms with van der Waals surface area (Å²) < 4.78 is 66.9. The summed E-state index contributed by atoms with van der Waals surface area (Å²) in [5.41, 5.74) is 4.36. The minimum absolute atomic E-state index is 0.0114. The molecule has 0 saturated heterocycles. The van der Waals surface area contributed by atoms with Crippen molar-refractivity contribution in [1.29, 1.82) is 0 Å². The number of nitrogens with zero attached hydrogens (tertiary/aromatic N) is 1. The van der Waals surface area contributed by atoms with Gasteiger partial charge in [-0.1, -0.05) is 48.5 Å². The smallest absolute Gasteiger partial charge is 0.389 e. The summed E-state index contributed by atoms with van der Waals surface area (Å²) in [6, 6.07) is 19.8. The fraction of sp³-hybridized carbons (Fsp3) is 0.357. The first-order chi connectivity index (χ1) is 17.6. The molecule has 2 aliphatic rings. The lowest BCUT2D eigenvalue weighted by molar-refractivity contribution is -0.127. The zero-order valence-electron chi connectivity index (χ0n) is 20.2. The van der Waals surface area contributed by atoms with Crippen molar-refractivity contribution in [3.63, 3.8) is 0 Å². The van der Waals surface area contributed by atoms with Crippen molar-refractivity contribution in [3.8, 4) is 0 Å². The van der Waals surface area contributed by atoms with E-state index in [4.69, 9.17) is 0 Å². The van der Waals surface area contributed by atoms with E-state index in [9.17, 15) is 26.7 Å². The fourth-order valence-electron chi connectivity index (χ4n) is 5.52. The van der Waals surface area contributed by atoms with Crippen LogP contribution in [-0.2, 0) is 29.3 Å². The minimum Gasteiger partial charge on any atom is -0.389 e. The average molecular weight is 531 g/mol. The first-order valence-corrected chi connectivity index (χ1v) is 13.9. The molecule has 5 rings (SSSR count). The Labute approximate surface area is 215 Å². The van der Waals surface area contributed by atoms with Crippen molar-refractivity contribution in [2.24, 2.45) is 0 Å². The number of aryl methyl sites for hydroxylation is 2. The predicted molar refractivity (Wildman–Crippen MR) is 136 cm³/mol. The third-order valence-electron chi connectivity index (χ3n) is 7.26. The zero-order valence-corrected chi connectivity index (χ0v) is 21.0. The summed E-state index contributed by atoms with van der Waals surface area (Å²) in [7, 11) is -4.05. The number of rotatable bonds is 5. The molecule has 3 aromatic rings. The maximum atomic E-state index is 13.1. The molecule has 37 heavy (non-hydrogen) atoms. The van der Waals surface area contributed by atoms with Crippen LogP contribution in [0.1, 0.15) is 36.0 Å². The molecule has 0 aromatic heterocycles. The number of sulfonamides is 1. The van der Waals surface area contributed by atoms with Crippen molar-refractivity contribution in [3.05, 3.63) is 89.5 Å². The van der Waals surface area contributed by atoms with Crippen molar-refractivity contribution < 1.29 is 26.7 Å². The molecule has 0 amide bonds. The summed E-state index contributed by atoms with van der Waals surface area (Å²) in [5, 5.41) is 11.5. The molecule has 0 unspecified atom stereocenters. The normalized spacial score (nSPS) is 22.2. The van der Waals surface area contributed by atoms with E-state index >= 15 is 0 Å². The molecule has 0 radical (unpaired) electrons. The highest BCUT2D eigenvalue weighted by molar-refractivity contribution is 7.89. The van der Waals surface area contributed by atoms with Gasteiger partial charge >= 0.3 is 6.18 Å². The van der Waals surface area contributed by atoms with Gasteiger partial charge in [-0.15, -0.1) is 0 Å². The number of nitrogens with one attached hydrogen (secondary N) is 1. The van der Waals surface area contributed by atoms with Gasteiger partial charge in [-0.05, 0) is 73.1 Å². The molecule has 0 bridgehead atoms. The molecular weight excluding hydrogens is 501 g/mol. The molecule has 1 aliphatic heterocycles. The number of alkyl halides is 3. The topological polar surface area (TPSA) is 69.6 Å². The van der Waals surface area contributed by atoms with E-state index in [1.165, 1.54) is 35.4 Å². The molecule has 9 heteroatoms. The molecule has 1 heterocycles. The van der Waals surface area contributed by atoms with Gasteiger partial charge in [0.15, 0.2) is 0 Å². The number of hydrogen-bond acceptors (Lipinski definition) is 4. The average Bonchev–Trinajstić information content (AvgIpc) is 3.02. The second-order valence-corrected chi connectivity index (χ2v) is 11.5. The Hall–Kier alpha value is -2.88. The summed E-state index contributed by atoms with van der Waals surface area (Å²) in [5.74, 6) is 0. The second kappa shape index (κ2) is 10.1. The lowest BCUT2D eigenvalue weighted by atomic mass is 9.86. The SMILES string of the molecule is O=S(=O)(N[C@H]1CCC[C@@H](N2c3ccccc3CCc3ccccc32)[C@@H]1O)c1ccc(CC(F)(F)F)cc1. The summed E-state index contributed by atoms with van der Waals surface area (Å²) in [6.07, 6.45) is -2.89. The van der Waals surface area contributed by atoms with Gasteiger partial charge in [0.25, 0.3) is 0 Å². The third-order valence-corrected chi connectivity index (χ3v) is 8.77. The van der Waals surface area contributed by atoms with Crippen LogP contribution in [0, 0.1) is 0 Å². The Kier molecular flexibility index (Phi) is 7.04. The van der Waals surface area contributed by atoms with Crippen molar-refractivity contribution in [2.45, 2.75) is 67.8 Å². The van der Waals surface area contributed by atoms with Gasteiger partial charge in [-0.25, -0.2) is 13.1 Å². The fourth-order valence-corrected chi connectivity index (χ4v) is 6.81. The van der Waals surface area contributed by atoms with E-state index in [0.717, 1.165) is 24.2 Å². The van der Waals surface area contributed by atoms with Crippen molar-refractivity contribution >= 4 is 21.4 Å². The van der Waals surface area contributed by atoms with Gasteiger partial charge < -0.3 is 10.0 Å². The highest BCUT2D eigenvalue weighted by atomic mass is 32.2. The van der Waals surface area contributed by atoms with Crippen LogP contribution in [0.25, 0.3) is 0 Å². The number of halogens is 3. The quantitative estimate of drug-likeness (QED) is 0.471. The second-order valence-electron chi connectivity index (χ2n) is 9.78. The van der Waals surface area contributed by atoms with E-state index in [1.54, 1.807) is 0 Å². The number of aliphatic hydroxyl groups excluding tert-OH is 1. The third kappa shape index (κ3) is 5.54. The van der Waals surface area contributed by atoms with Crippen LogP contribution >= 0.6 is 0 Å². The van der Waals surface area contributed by atoms with Crippen LogP contribution in [0.5, 0.6) is 0 Å². The number of hydrogen-bond donors (Lipinski definition) is 2. The van der Waals surface area contributed by atoms with Gasteiger partial charge in [-0.3, -0.25) is 0 Å². The van der Waals surface area contributed by atoms with Crippen molar-refractivity contribution in [2.75, 3.05) is 4.90 Å². The van der Waals surface area contributed by atoms with E-state index in [2.05, 4.69) is 21.8 Å². The largest absolute Gasteiger partial charge is 0.393 e. The maximum absolute atomic E-state index is 13.1. The number of benzene rings is 3. The minimum atomic E-state index is -4.37. The number of anilines is 2. The maximum Gasteiger partial charge on any atom is 0.393 e. The molecule has 1 saturated carbocycles. The van der Waals surface area contributed by atoms with Crippen LogP contribution in [-0.4, -0.2) is 37.9 Å². The Morgan fingerprint density at radius 3 is 2.00 bits per heavy atom. The highest BCUT2D eigenvalue weighted by Gasteiger charge is 2.40. The van der Waals surface area contributed by atoms with E-state index < -0.39 is 34.8 Å².